The summed E-state index contributed by atoms with van der Waals surface area (Å²) in [4.78, 5) is 0.234. The zero-order valence-electron chi connectivity index (χ0n) is 13.7. The van der Waals surface area contributed by atoms with Gasteiger partial charge in [-0.3, -0.25) is 0 Å². The second-order valence-corrected chi connectivity index (χ2v) is 7.06. The maximum atomic E-state index is 12.5. The van der Waals surface area contributed by atoms with Crippen molar-refractivity contribution in [2.75, 3.05) is 6.61 Å². The minimum atomic E-state index is -3.56. The van der Waals surface area contributed by atoms with Crippen LogP contribution < -0.4 is 9.46 Å². The molecule has 0 fully saturated rings. The summed E-state index contributed by atoms with van der Waals surface area (Å²) in [6.45, 7) is 6.37. The zero-order valence-corrected chi connectivity index (χ0v) is 14.6. The van der Waals surface area contributed by atoms with Gasteiger partial charge in [0.25, 0.3) is 0 Å². The van der Waals surface area contributed by atoms with Gasteiger partial charge in [-0.25, -0.2) is 13.1 Å². The van der Waals surface area contributed by atoms with Crippen LogP contribution in [0, 0.1) is 0 Å². The number of aryl methyl sites for hydroxylation is 1. The third-order valence-electron chi connectivity index (χ3n) is 3.66. The first-order valence-electron chi connectivity index (χ1n) is 7.80. The Balaban J connectivity index is 2.12. The zero-order chi connectivity index (χ0) is 16.9. The number of benzene rings is 2. The molecule has 0 aliphatic carbocycles. The molecule has 2 aromatic rings. The van der Waals surface area contributed by atoms with Crippen LogP contribution in [-0.2, 0) is 16.4 Å². The molecule has 0 saturated carbocycles. The predicted molar refractivity (Wildman–Crippen MR) is 92.2 cm³/mol. The molecule has 124 valence electrons. The lowest BCUT2D eigenvalue weighted by Crippen LogP contribution is -2.26. The van der Waals surface area contributed by atoms with Gasteiger partial charge in [-0.15, -0.1) is 0 Å². The van der Waals surface area contributed by atoms with Crippen molar-refractivity contribution in [3.8, 4) is 5.75 Å². The highest BCUT2D eigenvalue weighted by atomic mass is 32.2. The van der Waals surface area contributed by atoms with Gasteiger partial charge in [-0.2, -0.15) is 0 Å². The van der Waals surface area contributed by atoms with Crippen molar-refractivity contribution < 1.29 is 13.2 Å². The molecule has 5 heteroatoms. The number of rotatable bonds is 7. The van der Waals surface area contributed by atoms with Crippen molar-refractivity contribution in [1.29, 1.82) is 0 Å². The molecule has 0 unspecified atom stereocenters. The van der Waals surface area contributed by atoms with Gasteiger partial charge in [0.15, 0.2) is 0 Å². The van der Waals surface area contributed by atoms with E-state index < -0.39 is 10.0 Å². The van der Waals surface area contributed by atoms with Gasteiger partial charge >= 0.3 is 0 Å². The van der Waals surface area contributed by atoms with Crippen LogP contribution in [0.15, 0.2) is 53.4 Å². The van der Waals surface area contributed by atoms with E-state index in [2.05, 4.69) is 11.6 Å². The van der Waals surface area contributed by atoms with E-state index in [-0.39, 0.29) is 10.9 Å². The molecule has 0 saturated heterocycles. The number of sulfonamides is 1. The second-order valence-electron chi connectivity index (χ2n) is 5.34. The largest absolute Gasteiger partial charge is 0.494 e. The van der Waals surface area contributed by atoms with Crippen LogP contribution in [0.25, 0.3) is 0 Å². The van der Waals surface area contributed by atoms with E-state index in [0.29, 0.717) is 12.4 Å². The van der Waals surface area contributed by atoms with Crippen molar-refractivity contribution in [1.82, 2.24) is 4.72 Å². The van der Waals surface area contributed by atoms with E-state index in [1.807, 2.05) is 38.1 Å². The summed E-state index contributed by atoms with van der Waals surface area (Å²) in [6, 6.07) is 14.1. The average Bonchev–Trinajstić information content (AvgIpc) is 2.55. The first-order valence-corrected chi connectivity index (χ1v) is 9.28. The van der Waals surface area contributed by atoms with E-state index in [0.717, 1.165) is 12.0 Å². The standard InChI is InChI=1S/C18H23NO3S/c1-4-15-6-8-16(9-7-15)14(3)19-23(20,21)18-12-10-17(11-13-18)22-5-2/h6-14,19H,4-5H2,1-3H3/t14-/m1/s1. The number of ether oxygens (including phenoxy) is 1. The summed E-state index contributed by atoms with van der Waals surface area (Å²) >= 11 is 0. The lowest BCUT2D eigenvalue weighted by molar-refractivity contribution is 0.340. The lowest BCUT2D eigenvalue weighted by atomic mass is 10.1. The van der Waals surface area contributed by atoms with Gasteiger partial charge in [0.1, 0.15) is 5.75 Å². The highest BCUT2D eigenvalue weighted by molar-refractivity contribution is 7.89. The lowest BCUT2D eigenvalue weighted by Gasteiger charge is -2.15. The van der Waals surface area contributed by atoms with E-state index in [1.165, 1.54) is 5.56 Å². The van der Waals surface area contributed by atoms with Crippen LogP contribution >= 0.6 is 0 Å². The molecule has 1 atom stereocenters. The third kappa shape index (κ3) is 4.56. The van der Waals surface area contributed by atoms with Crippen LogP contribution in [0.1, 0.15) is 37.9 Å². The average molecular weight is 333 g/mol. The molecule has 2 rings (SSSR count). The smallest absolute Gasteiger partial charge is 0.241 e. The van der Waals surface area contributed by atoms with Crippen molar-refractivity contribution in [2.45, 2.75) is 38.1 Å². The number of hydrogen-bond acceptors (Lipinski definition) is 3. The maximum absolute atomic E-state index is 12.5. The Morgan fingerprint density at radius 2 is 1.61 bits per heavy atom. The molecule has 2 aromatic carbocycles. The minimum Gasteiger partial charge on any atom is -0.494 e. The molecular weight excluding hydrogens is 310 g/mol. The molecule has 0 aliphatic rings. The first-order chi connectivity index (χ1) is 11.0. The van der Waals surface area contributed by atoms with E-state index in [1.54, 1.807) is 24.3 Å². The molecule has 0 heterocycles. The molecule has 4 nitrogen and oxygen atoms in total. The fourth-order valence-electron chi connectivity index (χ4n) is 2.29. The van der Waals surface area contributed by atoms with Crippen LogP contribution in [0.3, 0.4) is 0 Å². The minimum absolute atomic E-state index is 0.234. The van der Waals surface area contributed by atoms with Crippen LogP contribution in [0.5, 0.6) is 5.75 Å². The van der Waals surface area contributed by atoms with Crippen molar-refractivity contribution >= 4 is 10.0 Å². The van der Waals surface area contributed by atoms with E-state index >= 15 is 0 Å². The Morgan fingerprint density at radius 1 is 1.00 bits per heavy atom. The molecule has 0 spiro atoms. The fraction of sp³-hybridized carbons (Fsp3) is 0.333. The monoisotopic (exact) mass is 333 g/mol. The third-order valence-corrected chi connectivity index (χ3v) is 5.22. The summed E-state index contributed by atoms with van der Waals surface area (Å²) in [7, 11) is -3.56. The van der Waals surface area contributed by atoms with Gasteiger partial charge in [0, 0.05) is 6.04 Å². The Labute approximate surface area is 138 Å². The molecule has 0 aromatic heterocycles. The molecule has 0 amide bonds. The van der Waals surface area contributed by atoms with Crippen LogP contribution in [-0.4, -0.2) is 15.0 Å². The Kier molecular flexibility index (Phi) is 5.80. The van der Waals surface area contributed by atoms with Crippen molar-refractivity contribution in [3.05, 3.63) is 59.7 Å². The van der Waals surface area contributed by atoms with Gasteiger partial charge < -0.3 is 4.74 Å². The summed E-state index contributed by atoms with van der Waals surface area (Å²) in [5.41, 5.74) is 2.17. The van der Waals surface area contributed by atoms with Crippen LogP contribution in [0.2, 0.25) is 0 Å². The molecule has 0 radical (unpaired) electrons. The summed E-state index contributed by atoms with van der Waals surface area (Å²) in [6.07, 6.45) is 0.965. The van der Waals surface area contributed by atoms with Gasteiger partial charge in [0.05, 0.1) is 11.5 Å². The molecule has 0 aliphatic heterocycles. The molecule has 23 heavy (non-hydrogen) atoms. The van der Waals surface area contributed by atoms with Crippen molar-refractivity contribution in [2.24, 2.45) is 0 Å². The van der Waals surface area contributed by atoms with Gasteiger partial charge in [-0.1, -0.05) is 31.2 Å². The summed E-state index contributed by atoms with van der Waals surface area (Å²) < 4.78 is 33.0. The van der Waals surface area contributed by atoms with E-state index in [9.17, 15) is 8.42 Å². The number of nitrogens with one attached hydrogen (secondary N) is 1. The predicted octanol–water partition coefficient (Wildman–Crippen LogP) is 3.69. The Bertz CT molecular complexity index is 722. The molecule has 0 bridgehead atoms. The first kappa shape index (κ1) is 17.5. The SMILES string of the molecule is CCOc1ccc(S(=O)(=O)N[C@H](C)c2ccc(CC)cc2)cc1. The topological polar surface area (TPSA) is 55.4 Å². The molecular formula is C18H23NO3S. The Morgan fingerprint density at radius 3 is 2.13 bits per heavy atom. The van der Waals surface area contributed by atoms with Gasteiger partial charge in [0.2, 0.25) is 10.0 Å². The van der Waals surface area contributed by atoms with E-state index in [4.69, 9.17) is 4.74 Å². The number of hydrogen-bond donors (Lipinski definition) is 1. The highest BCUT2D eigenvalue weighted by Crippen LogP contribution is 2.20. The Hall–Kier alpha value is -1.85. The fourth-order valence-corrected chi connectivity index (χ4v) is 3.52. The normalized spacial score (nSPS) is 12.8. The van der Waals surface area contributed by atoms with Crippen LogP contribution in [0.4, 0.5) is 0 Å². The quantitative estimate of drug-likeness (QED) is 0.841. The summed E-state index contributed by atoms with van der Waals surface area (Å²) in [5, 5.41) is 0. The summed E-state index contributed by atoms with van der Waals surface area (Å²) in [5.74, 6) is 0.662. The van der Waals surface area contributed by atoms with Crippen molar-refractivity contribution in [3.63, 3.8) is 0 Å². The maximum Gasteiger partial charge on any atom is 0.241 e. The van der Waals surface area contributed by atoms with Gasteiger partial charge in [-0.05, 0) is 55.7 Å². The highest BCUT2D eigenvalue weighted by Gasteiger charge is 2.18. The second kappa shape index (κ2) is 7.62. The molecule has 1 N–H and O–H groups in total.